The van der Waals surface area contributed by atoms with Crippen LogP contribution in [0.25, 0.3) is 0 Å². The van der Waals surface area contributed by atoms with Gasteiger partial charge in [0.05, 0.1) is 5.60 Å². The Morgan fingerprint density at radius 3 is 2.53 bits per heavy atom. The summed E-state index contributed by atoms with van der Waals surface area (Å²) in [5.41, 5.74) is 12.8. The Morgan fingerprint density at radius 1 is 1.41 bits per heavy atom. The normalized spacial score (nSPS) is 13.6. The lowest BCUT2D eigenvalue weighted by molar-refractivity contribution is -0.0374. The smallest absolute Gasteiger partial charge is 0.123 e. The third-order valence-electron chi connectivity index (χ3n) is 3.58. The standard InChI is InChI=1S/C13H23N3O/c1-4-13(5-2,17-3)11(14)8-10-6-7-16-12(15)9-10/h6-7,9,11H,4-5,8,14H2,1-3H3,(H2,15,16). The number of nitrogens with zero attached hydrogens (tertiary/aromatic N) is 1. The molecule has 4 N–H and O–H groups in total. The molecular weight excluding hydrogens is 214 g/mol. The number of aromatic nitrogens is 1. The average molecular weight is 237 g/mol. The minimum atomic E-state index is -0.252. The van der Waals surface area contributed by atoms with Crippen LogP contribution in [0.1, 0.15) is 32.3 Å². The lowest BCUT2D eigenvalue weighted by Gasteiger charge is -2.36. The van der Waals surface area contributed by atoms with E-state index in [4.69, 9.17) is 16.2 Å². The van der Waals surface area contributed by atoms with Gasteiger partial charge in [-0.2, -0.15) is 0 Å². The zero-order chi connectivity index (χ0) is 12.9. The van der Waals surface area contributed by atoms with E-state index in [0.717, 1.165) is 24.8 Å². The molecule has 96 valence electrons. The van der Waals surface area contributed by atoms with Gasteiger partial charge in [0, 0.05) is 19.3 Å². The van der Waals surface area contributed by atoms with Crippen LogP contribution in [0, 0.1) is 0 Å². The first-order valence-corrected chi connectivity index (χ1v) is 6.09. The van der Waals surface area contributed by atoms with Crippen molar-refractivity contribution in [3.63, 3.8) is 0 Å². The van der Waals surface area contributed by atoms with Gasteiger partial charge in [-0.3, -0.25) is 0 Å². The summed E-state index contributed by atoms with van der Waals surface area (Å²) in [7, 11) is 1.73. The van der Waals surface area contributed by atoms with Gasteiger partial charge in [-0.1, -0.05) is 13.8 Å². The molecule has 1 rings (SSSR count). The van der Waals surface area contributed by atoms with Crippen LogP contribution in [-0.2, 0) is 11.2 Å². The third kappa shape index (κ3) is 3.17. The molecule has 1 aromatic heterocycles. The van der Waals surface area contributed by atoms with Crippen molar-refractivity contribution in [3.8, 4) is 0 Å². The predicted molar refractivity (Wildman–Crippen MR) is 70.7 cm³/mol. The van der Waals surface area contributed by atoms with Crippen molar-refractivity contribution in [1.82, 2.24) is 4.98 Å². The Balaban J connectivity index is 2.80. The molecular formula is C13H23N3O. The zero-order valence-corrected chi connectivity index (χ0v) is 10.9. The summed E-state index contributed by atoms with van der Waals surface area (Å²) in [5, 5.41) is 0. The van der Waals surface area contributed by atoms with Crippen LogP contribution in [0.2, 0.25) is 0 Å². The molecule has 0 aliphatic rings. The summed E-state index contributed by atoms with van der Waals surface area (Å²) < 4.78 is 5.63. The molecule has 0 aliphatic carbocycles. The number of nitrogens with two attached hydrogens (primary N) is 2. The summed E-state index contributed by atoms with van der Waals surface area (Å²) in [6.45, 7) is 4.21. The fraction of sp³-hybridized carbons (Fsp3) is 0.615. The topological polar surface area (TPSA) is 74.2 Å². The lowest BCUT2D eigenvalue weighted by Crippen LogP contribution is -2.50. The second-order valence-corrected chi connectivity index (χ2v) is 4.38. The fourth-order valence-electron chi connectivity index (χ4n) is 2.28. The summed E-state index contributed by atoms with van der Waals surface area (Å²) in [6.07, 6.45) is 4.27. The molecule has 0 spiro atoms. The van der Waals surface area contributed by atoms with Crippen molar-refractivity contribution in [1.29, 1.82) is 0 Å². The first-order valence-electron chi connectivity index (χ1n) is 6.09. The van der Waals surface area contributed by atoms with Crippen molar-refractivity contribution >= 4 is 5.82 Å². The van der Waals surface area contributed by atoms with Gasteiger partial charge in [0.1, 0.15) is 5.82 Å². The van der Waals surface area contributed by atoms with E-state index >= 15 is 0 Å². The second kappa shape index (κ2) is 5.98. The maximum Gasteiger partial charge on any atom is 0.123 e. The van der Waals surface area contributed by atoms with E-state index in [9.17, 15) is 0 Å². The molecule has 1 heterocycles. The SMILES string of the molecule is CCC(CC)(OC)C(N)Cc1ccnc(N)c1. The highest BCUT2D eigenvalue weighted by molar-refractivity contribution is 5.32. The molecule has 1 unspecified atom stereocenters. The second-order valence-electron chi connectivity index (χ2n) is 4.38. The van der Waals surface area contributed by atoms with Gasteiger partial charge in [-0.15, -0.1) is 0 Å². The van der Waals surface area contributed by atoms with E-state index in [1.54, 1.807) is 13.3 Å². The number of anilines is 1. The van der Waals surface area contributed by atoms with Gasteiger partial charge in [0.2, 0.25) is 0 Å². The first-order chi connectivity index (χ1) is 8.07. The Bertz CT molecular complexity index is 342. The lowest BCUT2D eigenvalue weighted by atomic mass is 9.85. The highest BCUT2D eigenvalue weighted by Gasteiger charge is 2.33. The minimum absolute atomic E-state index is 0.0377. The number of ether oxygens (including phenoxy) is 1. The van der Waals surface area contributed by atoms with E-state index in [1.165, 1.54) is 0 Å². The number of nitrogen functional groups attached to an aromatic ring is 1. The Kier molecular flexibility index (Phi) is 4.90. The predicted octanol–water partition coefficient (Wildman–Crippen LogP) is 1.74. The van der Waals surface area contributed by atoms with Crippen LogP contribution in [0.5, 0.6) is 0 Å². The molecule has 0 saturated carbocycles. The van der Waals surface area contributed by atoms with E-state index < -0.39 is 0 Å². The number of pyridine rings is 1. The maximum absolute atomic E-state index is 6.28. The number of methoxy groups -OCH3 is 1. The van der Waals surface area contributed by atoms with Gasteiger partial charge >= 0.3 is 0 Å². The van der Waals surface area contributed by atoms with Gasteiger partial charge in [0.15, 0.2) is 0 Å². The summed E-state index contributed by atoms with van der Waals surface area (Å²) in [4.78, 5) is 3.98. The van der Waals surface area contributed by atoms with E-state index in [0.29, 0.717) is 5.82 Å². The van der Waals surface area contributed by atoms with Crippen molar-refractivity contribution < 1.29 is 4.74 Å². The van der Waals surface area contributed by atoms with Crippen LogP contribution in [0.15, 0.2) is 18.3 Å². The Hall–Kier alpha value is -1.13. The molecule has 17 heavy (non-hydrogen) atoms. The molecule has 1 aromatic rings. The molecule has 0 aliphatic heterocycles. The molecule has 0 saturated heterocycles. The molecule has 4 heteroatoms. The average Bonchev–Trinajstić information content (AvgIpc) is 2.32. The highest BCUT2D eigenvalue weighted by atomic mass is 16.5. The molecule has 0 fully saturated rings. The third-order valence-corrected chi connectivity index (χ3v) is 3.58. The molecule has 0 aromatic carbocycles. The maximum atomic E-state index is 6.28. The van der Waals surface area contributed by atoms with E-state index in [2.05, 4.69) is 18.8 Å². The quantitative estimate of drug-likeness (QED) is 0.790. The number of hydrogen-bond acceptors (Lipinski definition) is 4. The fourth-order valence-corrected chi connectivity index (χ4v) is 2.28. The summed E-state index contributed by atoms with van der Waals surface area (Å²) in [5.74, 6) is 0.533. The van der Waals surface area contributed by atoms with Crippen molar-refractivity contribution in [2.24, 2.45) is 5.73 Å². The molecule has 0 radical (unpaired) electrons. The van der Waals surface area contributed by atoms with Gasteiger partial charge in [0.25, 0.3) is 0 Å². The van der Waals surface area contributed by atoms with Crippen molar-refractivity contribution in [2.75, 3.05) is 12.8 Å². The summed E-state index contributed by atoms with van der Waals surface area (Å²) in [6, 6.07) is 3.78. The van der Waals surface area contributed by atoms with Crippen molar-refractivity contribution in [2.45, 2.75) is 44.8 Å². The zero-order valence-electron chi connectivity index (χ0n) is 10.9. The van der Waals surface area contributed by atoms with Crippen molar-refractivity contribution in [3.05, 3.63) is 23.9 Å². The largest absolute Gasteiger partial charge is 0.384 e. The van der Waals surface area contributed by atoms with Crippen LogP contribution in [-0.4, -0.2) is 23.7 Å². The van der Waals surface area contributed by atoms with Crippen LogP contribution in [0.3, 0.4) is 0 Å². The molecule has 1 atom stereocenters. The number of hydrogen-bond donors (Lipinski definition) is 2. The minimum Gasteiger partial charge on any atom is -0.384 e. The number of rotatable bonds is 6. The van der Waals surface area contributed by atoms with Crippen LogP contribution >= 0.6 is 0 Å². The van der Waals surface area contributed by atoms with Gasteiger partial charge in [-0.05, 0) is 37.0 Å². The van der Waals surface area contributed by atoms with E-state index in [-0.39, 0.29) is 11.6 Å². The summed E-state index contributed by atoms with van der Waals surface area (Å²) >= 11 is 0. The molecule has 0 bridgehead atoms. The van der Waals surface area contributed by atoms with Gasteiger partial charge in [-0.25, -0.2) is 4.98 Å². The Labute approximate surface area is 103 Å². The van der Waals surface area contributed by atoms with Gasteiger partial charge < -0.3 is 16.2 Å². The van der Waals surface area contributed by atoms with Crippen LogP contribution < -0.4 is 11.5 Å². The van der Waals surface area contributed by atoms with E-state index in [1.807, 2.05) is 12.1 Å². The molecule has 0 amide bonds. The molecule has 4 nitrogen and oxygen atoms in total. The Morgan fingerprint density at radius 2 is 2.06 bits per heavy atom. The first kappa shape index (κ1) is 13.9. The highest BCUT2D eigenvalue weighted by Crippen LogP contribution is 2.25. The van der Waals surface area contributed by atoms with Crippen LogP contribution in [0.4, 0.5) is 5.82 Å². The monoisotopic (exact) mass is 237 g/mol.